The summed E-state index contributed by atoms with van der Waals surface area (Å²) in [4.78, 5) is 23.9. The highest BCUT2D eigenvalue weighted by Crippen LogP contribution is 2.20. The van der Waals surface area contributed by atoms with E-state index < -0.39 is 41.5 Å². The molecule has 8 heteroatoms. The Hall–Kier alpha value is -3.03. The van der Waals surface area contributed by atoms with Crippen LogP contribution in [0.3, 0.4) is 0 Å². The van der Waals surface area contributed by atoms with E-state index in [9.17, 15) is 22.8 Å². The molecule has 2 aromatic rings. The molecule has 0 atom stereocenters. The Balaban J connectivity index is 1.99. The zero-order valence-corrected chi connectivity index (χ0v) is 13.2. The molecule has 0 aliphatic rings. The second kappa shape index (κ2) is 8.18. The van der Waals surface area contributed by atoms with Gasteiger partial charge in [-0.15, -0.1) is 0 Å². The number of hydrogen-bond donors (Lipinski definition) is 2. The lowest BCUT2D eigenvalue weighted by molar-refractivity contribution is -0.115. The average Bonchev–Trinajstić information content (AvgIpc) is 2.61. The molecular weight excluding hydrogens is 337 g/mol. The van der Waals surface area contributed by atoms with E-state index in [-0.39, 0.29) is 5.56 Å². The number of hydrogen-bond acceptors (Lipinski definition) is 3. The minimum atomic E-state index is -1.69. The van der Waals surface area contributed by atoms with Crippen LogP contribution in [0.25, 0.3) is 0 Å². The van der Waals surface area contributed by atoms with Crippen molar-refractivity contribution >= 4 is 17.5 Å². The summed E-state index contributed by atoms with van der Waals surface area (Å²) >= 11 is 0. The van der Waals surface area contributed by atoms with E-state index in [1.54, 1.807) is 25.1 Å². The number of carbonyl (C=O) groups is 2. The maximum Gasteiger partial charge on any atom is 0.255 e. The van der Waals surface area contributed by atoms with Crippen LogP contribution in [0, 0.1) is 17.5 Å². The summed E-state index contributed by atoms with van der Waals surface area (Å²) < 4.78 is 44.8. The lowest BCUT2D eigenvalue weighted by Crippen LogP contribution is -2.33. The highest BCUT2D eigenvalue weighted by Gasteiger charge is 2.16. The monoisotopic (exact) mass is 352 g/mol. The van der Waals surface area contributed by atoms with Gasteiger partial charge in [0.1, 0.15) is 5.75 Å². The van der Waals surface area contributed by atoms with Gasteiger partial charge in [0.05, 0.1) is 24.4 Å². The third-order valence-corrected chi connectivity index (χ3v) is 3.15. The van der Waals surface area contributed by atoms with Crippen LogP contribution in [0.1, 0.15) is 17.3 Å². The van der Waals surface area contributed by atoms with Crippen LogP contribution in [0.15, 0.2) is 36.4 Å². The molecule has 5 nitrogen and oxygen atoms in total. The highest BCUT2D eigenvalue weighted by molar-refractivity contribution is 6.00. The Morgan fingerprint density at radius 3 is 2.48 bits per heavy atom. The number of benzene rings is 2. The topological polar surface area (TPSA) is 67.4 Å². The summed E-state index contributed by atoms with van der Waals surface area (Å²) in [6, 6.07) is 8.03. The van der Waals surface area contributed by atoms with Gasteiger partial charge >= 0.3 is 0 Å². The zero-order chi connectivity index (χ0) is 18.4. The van der Waals surface area contributed by atoms with Crippen molar-refractivity contribution in [3.8, 4) is 5.75 Å². The standard InChI is InChI=1S/C17H15F3N2O3/c1-2-25-13-6-4-3-5-10(13)17(24)21-9-14(23)22-12-8-7-11(18)15(19)16(12)20/h3-8H,2,9H2,1H3,(H,21,24)(H,22,23). The molecule has 0 aliphatic heterocycles. The number of ether oxygens (including phenoxy) is 1. The van der Waals surface area contributed by atoms with Gasteiger partial charge in [0, 0.05) is 0 Å². The van der Waals surface area contributed by atoms with Gasteiger partial charge in [0.25, 0.3) is 5.91 Å². The summed E-state index contributed by atoms with van der Waals surface area (Å²) in [5.41, 5.74) is -0.288. The van der Waals surface area contributed by atoms with E-state index in [2.05, 4.69) is 10.6 Å². The van der Waals surface area contributed by atoms with Crippen molar-refractivity contribution in [1.29, 1.82) is 0 Å². The van der Waals surface area contributed by atoms with Gasteiger partial charge in [-0.05, 0) is 31.2 Å². The zero-order valence-electron chi connectivity index (χ0n) is 13.2. The fourth-order valence-corrected chi connectivity index (χ4v) is 2.01. The first kappa shape index (κ1) is 18.3. The van der Waals surface area contributed by atoms with Crippen molar-refractivity contribution < 1.29 is 27.5 Å². The Bertz CT molecular complexity index is 797. The quantitative estimate of drug-likeness (QED) is 0.786. The predicted molar refractivity (Wildman–Crippen MR) is 84.9 cm³/mol. The molecule has 0 bridgehead atoms. The fraction of sp³-hybridized carbons (Fsp3) is 0.176. The van der Waals surface area contributed by atoms with E-state index in [1.165, 1.54) is 6.07 Å². The molecular formula is C17H15F3N2O3. The van der Waals surface area contributed by atoms with Gasteiger partial charge < -0.3 is 15.4 Å². The molecule has 2 aromatic carbocycles. The van der Waals surface area contributed by atoms with Crippen molar-refractivity contribution in [2.45, 2.75) is 6.92 Å². The number of para-hydroxylation sites is 1. The molecule has 2 rings (SSSR count). The van der Waals surface area contributed by atoms with E-state index in [0.717, 1.165) is 6.07 Å². The van der Waals surface area contributed by atoms with Crippen LogP contribution >= 0.6 is 0 Å². The summed E-state index contributed by atoms with van der Waals surface area (Å²) in [6.45, 7) is 1.64. The van der Waals surface area contributed by atoms with Gasteiger partial charge in [-0.2, -0.15) is 0 Å². The largest absolute Gasteiger partial charge is 0.493 e. The number of anilines is 1. The average molecular weight is 352 g/mol. The van der Waals surface area contributed by atoms with Crippen LogP contribution in [0.4, 0.5) is 18.9 Å². The van der Waals surface area contributed by atoms with E-state index in [0.29, 0.717) is 18.4 Å². The third kappa shape index (κ3) is 4.50. The summed E-state index contributed by atoms with van der Waals surface area (Å²) in [5.74, 6) is -5.57. The summed E-state index contributed by atoms with van der Waals surface area (Å²) in [7, 11) is 0. The van der Waals surface area contributed by atoms with Crippen LogP contribution in [-0.4, -0.2) is 25.0 Å². The Kier molecular flexibility index (Phi) is 5.99. The van der Waals surface area contributed by atoms with E-state index in [1.807, 2.05) is 0 Å². The molecule has 0 heterocycles. The van der Waals surface area contributed by atoms with Gasteiger partial charge in [0.15, 0.2) is 17.5 Å². The number of halogens is 3. The first-order valence-corrected chi connectivity index (χ1v) is 7.37. The molecule has 25 heavy (non-hydrogen) atoms. The van der Waals surface area contributed by atoms with Crippen molar-refractivity contribution in [2.24, 2.45) is 0 Å². The van der Waals surface area contributed by atoms with E-state index in [4.69, 9.17) is 4.74 Å². The predicted octanol–water partition coefficient (Wildman–Crippen LogP) is 2.87. The molecule has 0 unspecified atom stereocenters. The number of rotatable bonds is 6. The van der Waals surface area contributed by atoms with Crippen LogP contribution in [0.2, 0.25) is 0 Å². The van der Waals surface area contributed by atoms with Crippen molar-refractivity contribution in [2.75, 3.05) is 18.5 Å². The van der Waals surface area contributed by atoms with E-state index >= 15 is 0 Å². The molecule has 132 valence electrons. The van der Waals surface area contributed by atoms with Crippen LogP contribution < -0.4 is 15.4 Å². The number of nitrogens with one attached hydrogen (secondary N) is 2. The van der Waals surface area contributed by atoms with Crippen molar-refractivity contribution in [3.63, 3.8) is 0 Å². The lowest BCUT2D eigenvalue weighted by Gasteiger charge is -2.11. The molecule has 0 aliphatic carbocycles. The molecule has 0 saturated heterocycles. The SMILES string of the molecule is CCOc1ccccc1C(=O)NCC(=O)Nc1ccc(F)c(F)c1F. The molecule has 0 aromatic heterocycles. The maximum absolute atomic E-state index is 13.5. The second-order valence-corrected chi connectivity index (χ2v) is 4.88. The van der Waals surface area contributed by atoms with Crippen LogP contribution in [-0.2, 0) is 4.79 Å². The fourth-order valence-electron chi connectivity index (χ4n) is 2.01. The Morgan fingerprint density at radius 1 is 1.04 bits per heavy atom. The maximum atomic E-state index is 13.5. The smallest absolute Gasteiger partial charge is 0.255 e. The highest BCUT2D eigenvalue weighted by atomic mass is 19.2. The first-order valence-electron chi connectivity index (χ1n) is 7.37. The third-order valence-electron chi connectivity index (χ3n) is 3.15. The molecule has 0 radical (unpaired) electrons. The second-order valence-electron chi connectivity index (χ2n) is 4.88. The Labute approximate surface area is 141 Å². The normalized spacial score (nSPS) is 10.2. The van der Waals surface area contributed by atoms with Crippen molar-refractivity contribution in [3.05, 3.63) is 59.4 Å². The Morgan fingerprint density at radius 2 is 1.76 bits per heavy atom. The molecule has 2 amide bonds. The first-order chi connectivity index (χ1) is 11.9. The number of amides is 2. The van der Waals surface area contributed by atoms with Gasteiger partial charge in [-0.25, -0.2) is 13.2 Å². The molecule has 0 saturated carbocycles. The molecule has 0 spiro atoms. The summed E-state index contributed by atoms with van der Waals surface area (Å²) in [6.07, 6.45) is 0. The molecule has 0 fully saturated rings. The van der Waals surface area contributed by atoms with Gasteiger partial charge in [-0.3, -0.25) is 9.59 Å². The minimum absolute atomic E-state index is 0.233. The van der Waals surface area contributed by atoms with Gasteiger partial charge in [0.2, 0.25) is 5.91 Å². The van der Waals surface area contributed by atoms with Crippen molar-refractivity contribution in [1.82, 2.24) is 5.32 Å². The van der Waals surface area contributed by atoms with Crippen LogP contribution in [0.5, 0.6) is 5.75 Å². The minimum Gasteiger partial charge on any atom is -0.493 e. The summed E-state index contributed by atoms with van der Waals surface area (Å²) in [5, 5.41) is 4.40. The van der Waals surface area contributed by atoms with Gasteiger partial charge in [-0.1, -0.05) is 12.1 Å². The lowest BCUT2D eigenvalue weighted by atomic mass is 10.2. The number of carbonyl (C=O) groups excluding carboxylic acids is 2. The molecule has 2 N–H and O–H groups in total.